The fourth-order valence-corrected chi connectivity index (χ4v) is 2.64. The van der Waals surface area contributed by atoms with Gasteiger partial charge in [-0.25, -0.2) is 0 Å². The third kappa shape index (κ3) is 9.36. The molecular formula is C20H29F2N3O4. The number of primary amides is 1. The summed E-state index contributed by atoms with van der Waals surface area (Å²) in [5.41, 5.74) is 6.01. The maximum absolute atomic E-state index is 13.9. The molecule has 0 aliphatic rings. The van der Waals surface area contributed by atoms with Gasteiger partial charge in [0.1, 0.15) is 11.8 Å². The van der Waals surface area contributed by atoms with Gasteiger partial charge in [0.05, 0.1) is 6.42 Å². The monoisotopic (exact) mass is 413 g/mol. The van der Waals surface area contributed by atoms with E-state index in [-0.39, 0.29) is 18.7 Å². The number of phenolic OH excluding ortho intramolecular Hbond substituents is 1. The molecule has 7 nitrogen and oxygen atoms in total. The number of benzene rings is 1. The lowest BCUT2D eigenvalue weighted by atomic mass is 10.1. The van der Waals surface area contributed by atoms with Crippen LogP contribution in [0.5, 0.6) is 5.75 Å². The molecular weight excluding hydrogens is 384 g/mol. The number of nitrogens with one attached hydrogen (secondary N) is 2. The van der Waals surface area contributed by atoms with Crippen molar-refractivity contribution in [2.24, 2.45) is 5.73 Å². The molecule has 0 bridgehead atoms. The lowest BCUT2D eigenvalue weighted by Crippen LogP contribution is -2.52. The van der Waals surface area contributed by atoms with Crippen molar-refractivity contribution in [3.8, 4) is 5.75 Å². The minimum absolute atomic E-state index is 0.125. The van der Waals surface area contributed by atoms with E-state index in [9.17, 15) is 28.3 Å². The van der Waals surface area contributed by atoms with Gasteiger partial charge in [0.15, 0.2) is 0 Å². The molecule has 0 radical (unpaired) electrons. The summed E-state index contributed by atoms with van der Waals surface area (Å²) in [6, 6.07) is 4.89. The number of unbranched alkanes of at least 4 members (excludes halogenated alkanes) is 3. The maximum atomic E-state index is 13.9. The largest absolute Gasteiger partial charge is 0.508 e. The summed E-state index contributed by atoms with van der Waals surface area (Å²) in [7, 11) is 0. The molecule has 0 aliphatic carbocycles. The number of hydrogen-bond donors (Lipinski definition) is 4. The number of carbonyl (C=O) groups excluding carboxylic acids is 3. The second-order valence-electron chi connectivity index (χ2n) is 6.91. The minimum Gasteiger partial charge on any atom is -0.508 e. The smallest absolute Gasteiger partial charge is 0.324 e. The maximum Gasteiger partial charge on any atom is 0.324 e. The lowest BCUT2D eigenvalue weighted by Gasteiger charge is -2.20. The van der Waals surface area contributed by atoms with Gasteiger partial charge < -0.3 is 21.5 Å². The predicted molar refractivity (Wildman–Crippen MR) is 104 cm³/mol. The van der Waals surface area contributed by atoms with Gasteiger partial charge in [-0.05, 0) is 30.5 Å². The molecule has 162 valence electrons. The van der Waals surface area contributed by atoms with Gasteiger partial charge in [-0.2, -0.15) is 8.78 Å². The van der Waals surface area contributed by atoms with Gasteiger partial charge in [-0.1, -0.05) is 38.3 Å². The number of alkyl halides is 2. The molecule has 0 heterocycles. The third-order valence-corrected chi connectivity index (χ3v) is 4.39. The standard InChI is InChI=1S/C20H29F2N3O4/c1-2-3-4-5-11-20(21,22)19(29)25-16(18(23)28)13-17(27)24-12-10-14-6-8-15(26)9-7-14/h6-9,16,26H,2-5,10-13H2,1H3,(H2,23,28)(H,24,27)(H,25,29)/t16-/m1/s1. The number of nitrogens with two attached hydrogens (primary N) is 1. The summed E-state index contributed by atoms with van der Waals surface area (Å²) in [5.74, 6) is -6.76. The summed E-state index contributed by atoms with van der Waals surface area (Å²) >= 11 is 0. The van der Waals surface area contributed by atoms with Crippen molar-refractivity contribution >= 4 is 17.7 Å². The van der Waals surface area contributed by atoms with E-state index in [0.717, 1.165) is 18.4 Å². The van der Waals surface area contributed by atoms with E-state index in [2.05, 4.69) is 5.32 Å². The van der Waals surface area contributed by atoms with Crippen LogP contribution in [0.15, 0.2) is 24.3 Å². The molecule has 0 unspecified atom stereocenters. The Morgan fingerprint density at radius 2 is 1.79 bits per heavy atom. The number of rotatable bonds is 13. The molecule has 29 heavy (non-hydrogen) atoms. The summed E-state index contributed by atoms with van der Waals surface area (Å²) in [6.45, 7) is 2.18. The van der Waals surface area contributed by atoms with Crippen LogP contribution in [0.25, 0.3) is 0 Å². The molecule has 1 aromatic rings. The summed E-state index contributed by atoms with van der Waals surface area (Å²) in [6.07, 6.45) is 1.77. The fourth-order valence-electron chi connectivity index (χ4n) is 2.64. The number of amides is 3. The lowest BCUT2D eigenvalue weighted by molar-refractivity contribution is -0.149. The van der Waals surface area contributed by atoms with Gasteiger partial charge in [-0.15, -0.1) is 0 Å². The van der Waals surface area contributed by atoms with Crippen LogP contribution in [0, 0.1) is 0 Å². The predicted octanol–water partition coefficient (Wildman–Crippen LogP) is 2.02. The Hall–Kier alpha value is -2.71. The minimum atomic E-state index is -3.63. The molecule has 0 saturated heterocycles. The number of halogens is 2. The molecule has 0 spiro atoms. The zero-order chi connectivity index (χ0) is 21.9. The quantitative estimate of drug-likeness (QED) is 0.370. The molecule has 0 saturated carbocycles. The van der Waals surface area contributed by atoms with Crippen molar-refractivity contribution in [3.63, 3.8) is 0 Å². The van der Waals surface area contributed by atoms with E-state index in [1.807, 2.05) is 12.2 Å². The average molecular weight is 413 g/mol. The van der Waals surface area contributed by atoms with Crippen LogP contribution in [-0.4, -0.2) is 41.3 Å². The SMILES string of the molecule is CCCCCCC(F)(F)C(=O)N[C@H](CC(=O)NCCc1ccc(O)cc1)C(N)=O. The highest BCUT2D eigenvalue weighted by Gasteiger charge is 2.39. The zero-order valence-electron chi connectivity index (χ0n) is 16.5. The first kappa shape index (κ1) is 24.3. The number of phenols is 1. The van der Waals surface area contributed by atoms with Crippen LogP contribution in [0.3, 0.4) is 0 Å². The third-order valence-electron chi connectivity index (χ3n) is 4.39. The molecule has 0 fully saturated rings. The van der Waals surface area contributed by atoms with Crippen molar-refractivity contribution in [3.05, 3.63) is 29.8 Å². The Morgan fingerprint density at radius 3 is 2.38 bits per heavy atom. The fraction of sp³-hybridized carbons (Fsp3) is 0.550. The van der Waals surface area contributed by atoms with Gasteiger partial charge in [0.25, 0.3) is 5.91 Å². The summed E-state index contributed by atoms with van der Waals surface area (Å²) in [5, 5.41) is 13.7. The molecule has 3 amide bonds. The van der Waals surface area contributed by atoms with Crippen molar-refractivity contribution in [1.29, 1.82) is 0 Å². The van der Waals surface area contributed by atoms with Crippen LogP contribution in [0.2, 0.25) is 0 Å². The molecule has 0 aromatic heterocycles. The Balaban J connectivity index is 2.48. The van der Waals surface area contributed by atoms with E-state index in [1.54, 1.807) is 12.1 Å². The van der Waals surface area contributed by atoms with Crippen LogP contribution in [0.4, 0.5) is 8.78 Å². The van der Waals surface area contributed by atoms with Crippen molar-refractivity contribution in [2.75, 3.05) is 6.54 Å². The normalized spacial score (nSPS) is 12.2. The number of aromatic hydroxyl groups is 1. The van der Waals surface area contributed by atoms with Crippen molar-refractivity contribution < 1.29 is 28.3 Å². The van der Waals surface area contributed by atoms with E-state index in [1.165, 1.54) is 12.1 Å². The Bertz CT molecular complexity index is 681. The van der Waals surface area contributed by atoms with E-state index in [4.69, 9.17) is 5.73 Å². The molecule has 5 N–H and O–H groups in total. The van der Waals surface area contributed by atoms with E-state index < -0.39 is 42.5 Å². The highest BCUT2D eigenvalue weighted by molar-refractivity contribution is 5.93. The highest BCUT2D eigenvalue weighted by atomic mass is 19.3. The Labute approximate surface area is 169 Å². The molecule has 9 heteroatoms. The topological polar surface area (TPSA) is 122 Å². The van der Waals surface area contributed by atoms with E-state index in [0.29, 0.717) is 12.8 Å². The average Bonchev–Trinajstić information content (AvgIpc) is 2.66. The van der Waals surface area contributed by atoms with Gasteiger partial charge >= 0.3 is 5.92 Å². The zero-order valence-corrected chi connectivity index (χ0v) is 16.5. The first-order valence-electron chi connectivity index (χ1n) is 9.68. The second kappa shape index (κ2) is 12.0. The van der Waals surface area contributed by atoms with E-state index >= 15 is 0 Å². The van der Waals surface area contributed by atoms with Crippen LogP contribution in [0.1, 0.15) is 51.0 Å². The highest BCUT2D eigenvalue weighted by Crippen LogP contribution is 2.22. The van der Waals surface area contributed by atoms with Gasteiger partial charge in [-0.3, -0.25) is 14.4 Å². The molecule has 1 rings (SSSR count). The number of carbonyl (C=O) groups is 3. The van der Waals surface area contributed by atoms with Crippen molar-refractivity contribution in [1.82, 2.24) is 10.6 Å². The molecule has 1 aromatic carbocycles. The van der Waals surface area contributed by atoms with Crippen LogP contribution >= 0.6 is 0 Å². The number of hydrogen-bond acceptors (Lipinski definition) is 4. The first-order valence-corrected chi connectivity index (χ1v) is 9.68. The van der Waals surface area contributed by atoms with Gasteiger partial charge in [0, 0.05) is 13.0 Å². The molecule has 0 aliphatic heterocycles. The molecule has 1 atom stereocenters. The summed E-state index contributed by atoms with van der Waals surface area (Å²) < 4.78 is 27.9. The van der Waals surface area contributed by atoms with Crippen LogP contribution in [-0.2, 0) is 20.8 Å². The Kier molecular flexibility index (Phi) is 10.1. The van der Waals surface area contributed by atoms with Gasteiger partial charge in [0.2, 0.25) is 11.8 Å². The van der Waals surface area contributed by atoms with Crippen LogP contribution < -0.4 is 16.4 Å². The first-order chi connectivity index (χ1) is 13.7. The summed E-state index contributed by atoms with van der Waals surface area (Å²) in [4.78, 5) is 35.3. The Morgan fingerprint density at radius 1 is 1.14 bits per heavy atom. The second-order valence-corrected chi connectivity index (χ2v) is 6.91. The van der Waals surface area contributed by atoms with Crippen molar-refractivity contribution in [2.45, 2.75) is 63.8 Å².